The predicted molar refractivity (Wildman–Crippen MR) is 137 cm³/mol. The third-order valence-corrected chi connectivity index (χ3v) is 6.62. The Kier molecular flexibility index (Phi) is 9.13. The molecule has 0 spiro atoms. The summed E-state index contributed by atoms with van der Waals surface area (Å²) in [6.45, 7) is 6.84. The van der Waals surface area contributed by atoms with E-state index < -0.39 is 34.1 Å². The zero-order valence-corrected chi connectivity index (χ0v) is 22.7. The Labute approximate surface area is 210 Å². The van der Waals surface area contributed by atoms with Crippen molar-refractivity contribution in [3.63, 3.8) is 0 Å². The fraction of sp³-hybridized carbons (Fsp3) is 0.417. The smallest absolute Gasteiger partial charge is 0.244 e. The van der Waals surface area contributed by atoms with Crippen molar-refractivity contribution in [2.45, 2.75) is 45.8 Å². The van der Waals surface area contributed by atoms with E-state index in [1.807, 2.05) is 45.0 Å². The van der Waals surface area contributed by atoms with Crippen molar-refractivity contribution < 1.29 is 22.7 Å². The van der Waals surface area contributed by atoms with Crippen LogP contribution in [0.4, 0.5) is 5.69 Å². The molecule has 0 heterocycles. The summed E-state index contributed by atoms with van der Waals surface area (Å²) in [5.41, 5.74) is 0.555. The summed E-state index contributed by atoms with van der Waals surface area (Å²) in [6, 6.07) is 13.1. The van der Waals surface area contributed by atoms with Crippen LogP contribution >= 0.6 is 15.9 Å². The first kappa shape index (κ1) is 27.7. The van der Waals surface area contributed by atoms with E-state index in [-0.39, 0.29) is 18.1 Å². The zero-order valence-electron chi connectivity index (χ0n) is 20.3. The van der Waals surface area contributed by atoms with Crippen molar-refractivity contribution in [2.75, 3.05) is 24.2 Å². The molecular weight excluding hydrogens is 522 g/mol. The van der Waals surface area contributed by atoms with Gasteiger partial charge in [0.25, 0.3) is 0 Å². The lowest BCUT2D eigenvalue weighted by atomic mass is 10.1. The molecule has 2 rings (SSSR count). The summed E-state index contributed by atoms with van der Waals surface area (Å²) >= 11 is 3.39. The van der Waals surface area contributed by atoms with Crippen LogP contribution in [0.5, 0.6) is 5.75 Å². The molecule has 0 radical (unpaired) electrons. The van der Waals surface area contributed by atoms with Crippen LogP contribution in [0.1, 0.15) is 33.3 Å². The van der Waals surface area contributed by atoms with Crippen molar-refractivity contribution in [1.82, 2.24) is 10.2 Å². The van der Waals surface area contributed by atoms with Gasteiger partial charge < -0.3 is 15.0 Å². The second-order valence-electron chi connectivity index (χ2n) is 9.00. The van der Waals surface area contributed by atoms with Crippen LogP contribution < -0.4 is 14.4 Å². The molecule has 0 aliphatic carbocycles. The molecule has 2 aromatic rings. The van der Waals surface area contributed by atoms with Gasteiger partial charge in [-0.25, -0.2) is 8.42 Å². The molecule has 1 N–H and O–H groups in total. The third-order valence-electron chi connectivity index (χ3n) is 4.96. The lowest BCUT2D eigenvalue weighted by Crippen LogP contribution is -2.54. The molecule has 34 heavy (non-hydrogen) atoms. The number of carbonyl (C=O) groups excluding carboxylic acids is 2. The molecular formula is C24H32BrN3O5S. The molecule has 2 aromatic carbocycles. The molecule has 0 aromatic heterocycles. The van der Waals surface area contributed by atoms with Crippen LogP contribution in [-0.4, -0.2) is 56.6 Å². The van der Waals surface area contributed by atoms with Crippen molar-refractivity contribution in [3.8, 4) is 5.75 Å². The molecule has 2 amide bonds. The maximum atomic E-state index is 13.5. The van der Waals surface area contributed by atoms with E-state index >= 15 is 0 Å². The number of halogens is 1. The number of sulfonamides is 1. The Hall–Kier alpha value is -2.59. The molecule has 0 fully saturated rings. The maximum Gasteiger partial charge on any atom is 0.244 e. The molecule has 0 saturated carbocycles. The number of anilines is 1. The fourth-order valence-corrected chi connectivity index (χ4v) is 4.39. The van der Waals surface area contributed by atoms with E-state index in [4.69, 9.17) is 4.74 Å². The average molecular weight is 555 g/mol. The van der Waals surface area contributed by atoms with Crippen LogP contribution in [0.2, 0.25) is 0 Å². The Morgan fingerprint density at radius 3 is 2.21 bits per heavy atom. The lowest BCUT2D eigenvalue weighted by molar-refractivity contribution is -0.140. The molecule has 0 aliphatic heterocycles. The van der Waals surface area contributed by atoms with Crippen LogP contribution in [0.25, 0.3) is 0 Å². The van der Waals surface area contributed by atoms with Crippen LogP contribution in [-0.2, 0) is 26.2 Å². The Morgan fingerprint density at radius 2 is 1.68 bits per heavy atom. The van der Waals surface area contributed by atoms with E-state index in [0.717, 1.165) is 20.6 Å². The molecule has 8 nitrogen and oxygen atoms in total. The van der Waals surface area contributed by atoms with Gasteiger partial charge in [-0.1, -0.05) is 40.2 Å². The van der Waals surface area contributed by atoms with Gasteiger partial charge in [0.15, 0.2) is 0 Å². The van der Waals surface area contributed by atoms with Gasteiger partial charge in [0.2, 0.25) is 21.8 Å². The topological polar surface area (TPSA) is 96.0 Å². The molecule has 0 aliphatic rings. The van der Waals surface area contributed by atoms with Crippen molar-refractivity contribution in [2.24, 2.45) is 0 Å². The monoisotopic (exact) mass is 553 g/mol. The maximum absolute atomic E-state index is 13.5. The number of nitrogens with one attached hydrogen (secondary N) is 1. The molecule has 0 bridgehead atoms. The number of ether oxygens (including phenoxy) is 1. The van der Waals surface area contributed by atoms with Gasteiger partial charge in [-0.3, -0.25) is 13.9 Å². The van der Waals surface area contributed by atoms with Crippen molar-refractivity contribution >= 4 is 43.5 Å². The van der Waals surface area contributed by atoms with E-state index in [1.165, 1.54) is 12.0 Å². The number of methoxy groups -OCH3 is 1. The molecule has 1 unspecified atom stereocenters. The highest BCUT2D eigenvalue weighted by Crippen LogP contribution is 2.29. The predicted octanol–water partition coefficient (Wildman–Crippen LogP) is 3.56. The number of hydrogen-bond donors (Lipinski definition) is 1. The summed E-state index contributed by atoms with van der Waals surface area (Å²) in [7, 11) is -2.40. The second kappa shape index (κ2) is 11.2. The molecule has 186 valence electrons. The highest BCUT2D eigenvalue weighted by molar-refractivity contribution is 9.10. The summed E-state index contributed by atoms with van der Waals surface area (Å²) in [5, 5.41) is 2.89. The second-order valence-corrected chi connectivity index (χ2v) is 11.8. The van der Waals surface area contributed by atoms with E-state index in [1.54, 1.807) is 31.2 Å². The number of nitrogens with zero attached hydrogens (tertiary/aromatic N) is 2. The minimum Gasteiger partial charge on any atom is -0.495 e. The van der Waals surface area contributed by atoms with Gasteiger partial charge in [-0.05, 0) is 57.5 Å². The fourth-order valence-electron chi connectivity index (χ4n) is 3.27. The average Bonchev–Trinajstić information content (AvgIpc) is 2.74. The number of carbonyl (C=O) groups is 2. The first-order valence-corrected chi connectivity index (χ1v) is 13.3. The highest BCUT2D eigenvalue weighted by atomic mass is 79.9. The SMILES string of the molecule is COc1ccccc1N(CC(=O)N(Cc1ccc(Br)cc1)C(C)C(=O)NC(C)(C)C)S(C)(=O)=O. The lowest BCUT2D eigenvalue weighted by Gasteiger charge is -2.33. The Bertz CT molecular complexity index is 1110. The minimum atomic E-state index is -3.83. The number of hydrogen-bond acceptors (Lipinski definition) is 5. The molecule has 10 heteroatoms. The van der Waals surface area contributed by atoms with Crippen LogP contribution in [0, 0.1) is 0 Å². The summed E-state index contributed by atoms with van der Waals surface area (Å²) in [5.74, 6) is -0.532. The standard InChI is InChI=1S/C24H32BrN3O5S/c1-17(23(30)26-24(2,3)4)27(15-18-11-13-19(25)14-12-18)22(29)16-28(34(6,31)32)20-9-7-8-10-21(20)33-5/h7-14,17H,15-16H2,1-6H3,(H,26,30). The Morgan fingerprint density at radius 1 is 1.09 bits per heavy atom. The quantitative estimate of drug-likeness (QED) is 0.512. The summed E-state index contributed by atoms with van der Waals surface area (Å²) in [4.78, 5) is 27.9. The number of para-hydroxylation sites is 2. The van der Waals surface area contributed by atoms with E-state index in [0.29, 0.717) is 5.75 Å². The van der Waals surface area contributed by atoms with Gasteiger partial charge in [0.05, 0.1) is 19.1 Å². The minimum absolute atomic E-state index is 0.133. The van der Waals surface area contributed by atoms with E-state index in [2.05, 4.69) is 21.2 Å². The van der Waals surface area contributed by atoms with Gasteiger partial charge in [0.1, 0.15) is 18.3 Å². The van der Waals surface area contributed by atoms with E-state index in [9.17, 15) is 18.0 Å². The van der Waals surface area contributed by atoms with Crippen molar-refractivity contribution in [3.05, 3.63) is 58.6 Å². The highest BCUT2D eigenvalue weighted by Gasteiger charge is 2.32. The zero-order chi connectivity index (χ0) is 25.7. The molecule has 0 saturated heterocycles. The van der Waals surface area contributed by atoms with Gasteiger partial charge >= 0.3 is 0 Å². The van der Waals surface area contributed by atoms with Gasteiger partial charge in [0, 0.05) is 16.6 Å². The number of amides is 2. The number of benzene rings is 2. The largest absolute Gasteiger partial charge is 0.495 e. The van der Waals surface area contributed by atoms with Gasteiger partial charge in [-0.2, -0.15) is 0 Å². The number of rotatable bonds is 9. The normalized spacial score (nSPS) is 12.6. The first-order valence-electron chi connectivity index (χ1n) is 10.7. The van der Waals surface area contributed by atoms with Crippen molar-refractivity contribution in [1.29, 1.82) is 0 Å². The first-order chi connectivity index (χ1) is 15.7. The summed E-state index contributed by atoms with van der Waals surface area (Å²) < 4.78 is 32.5. The third kappa shape index (κ3) is 7.73. The Balaban J connectivity index is 2.43. The molecule has 1 atom stereocenters. The van der Waals surface area contributed by atoms with Crippen LogP contribution in [0.3, 0.4) is 0 Å². The van der Waals surface area contributed by atoms with Crippen LogP contribution in [0.15, 0.2) is 53.0 Å². The van der Waals surface area contributed by atoms with Gasteiger partial charge in [-0.15, -0.1) is 0 Å². The summed E-state index contributed by atoms with van der Waals surface area (Å²) in [6.07, 6.45) is 1.03.